The lowest BCUT2D eigenvalue weighted by Crippen LogP contribution is -2.45. The summed E-state index contributed by atoms with van der Waals surface area (Å²) in [6, 6.07) is 2.27. The fraction of sp³-hybridized carbons (Fsp3) is 0.714. The van der Waals surface area contributed by atoms with Gasteiger partial charge in [0.1, 0.15) is 5.54 Å². The van der Waals surface area contributed by atoms with E-state index < -0.39 is 5.54 Å². The molecular weight excluding hydrogens is 336 g/mol. The zero-order valence-electron chi connectivity index (χ0n) is 12.6. The minimum absolute atomic E-state index is 0.0937. The van der Waals surface area contributed by atoms with Gasteiger partial charge in [0.15, 0.2) is 8.68 Å². The number of unbranched alkanes of at least 4 members (excludes halogenated alkanes) is 1. The third-order valence-corrected chi connectivity index (χ3v) is 6.76. The maximum atomic E-state index is 12.0. The molecule has 0 aliphatic heterocycles. The number of rotatable bonds is 8. The van der Waals surface area contributed by atoms with Gasteiger partial charge in [-0.2, -0.15) is 5.26 Å². The molecule has 1 aromatic rings. The Hall–Kier alpha value is -0.780. The smallest absolute Gasteiger partial charge is 0.231 e. The highest BCUT2D eigenvalue weighted by molar-refractivity contribution is 8.03. The van der Waals surface area contributed by atoms with E-state index in [1.165, 1.54) is 35.9 Å². The van der Waals surface area contributed by atoms with Crippen molar-refractivity contribution in [2.45, 2.75) is 59.7 Å². The number of hydrogen-bond donors (Lipinski definition) is 1. The minimum Gasteiger partial charge on any atom is -0.337 e. The van der Waals surface area contributed by atoms with E-state index in [4.69, 9.17) is 0 Å². The monoisotopic (exact) mass is 356 g/mol. The van der Waals surface area contributed by atoms with Gasteiger partial charge >= 0.3 is 0 Å². The van der Waals surface area contributed by atoms with Crippen LogP contribution < -0.4 is 5.32 Å². The summed E-state index contributed by atoms with van der Waals surface area (Å²) in [7, 11) is 0. The van der Waals surface area contributed by atoms with E-state index in [9.17, 15) is 10.1 Å². The average Bonchev–Trinajstić information content (AvgIpc) is 3.15. The minimum atomic E-state index is -0.639. The Balaban J connectivity index is 1.75. The maximum absolute atomic E-state index is 12.0. The van der Waals surface area contributed by atoms with Crippen molar-refractivity contribution in [3.05, 3.63) is 0 Å². The first kappa shape index (κ1) is 17.6. The van der Waals surface area contributed by atoms with Gasteiger partial charge in [0.25, 0.3) is 0 Å². The quantitative estimate of drug-likeness (QED) is 0.567. The molecule has 2 rings (SSSR count). The molecule has 120 valence electrons. The molecule has 1 N–H and O–H groups in total. The van der Waals surface area contributed by atoms with Crippen molar-refractivity contribution in [3.8, 4) is 6.07 Å². The van der Waals surface area contributed by atoms with Gasteiger partial charge < -0.3 is 5.32 Å². The summed E-state index contributed by atoms with van der Waals surface area (Å²) in [5, 5.41) is 20.4. The van der Waals surface area contributed by atoms with Crippen LogP contribution in [-0.2, 0) is 4.79 Å². The van der Waals surface area contributed by atoms with Crippen LogP contribution in [0, 0.1) is 11.3 Å². The highest BCUT2D eigenvalue weighted by atomic mass is 32.2. The first-order valence-corrected chi connectivity index (χ1v) is 10.3. The van der Waals surface area contributed by atoms with Gasteiger partial charge in [-0.25, -0.2) is 0 Å². The fourth-order valence-electron chi connectivity index (χ4n) is 2.29. The number of nitriles is 1. The van der Waals surface area contributed by atoms with Crippen molar-refractivity contribution in [2.75, 3.05) is 11.5 Å². The number of aromatic nitrogens is 2. The normalized spacial score (nSPS) is 16.4. The molecule has 1 aliphatic carbocycles. The molecule has 5 nitrogen and oxygen atoms in total. The second-order valence-electron chi connectivity index (χ2n) is 5.27. The molecule has 0 radical (unpaired) electrons. The van der Waals surface area contributed by atoms with Crippen LogP contribution in [0.5, 0.6) is 0 Å². The first-order valence-electron chi connectivity index (χ1n) is 7.49. The van der Waals surface area contributed by atoms with Crippen molar-refractivity contribution in [1.82, 2.24) is 15.5 Å². The molecule has 1 aliphatic rings. The van der Waals surface area contributed by atoms with Gasteiger partial charge in [0.05, 0.1) is 11.8 Å². The maximum Gasteiger partial charge on any atom is 0.231 e. The predicted molar refractivity (Wildman–Crippen MR) is 91.2 cm³/mol. The van der Waals surface area contributed by atoms with E-state index in [0.717, 1.165) is 40.1 Å². The van der Waals surface area contributed by atoms with Crippen LogP contribution in [0.4, 0.5) is 0 Å². The zero-order valence-corrected chi connectivity index (χ0v) is 15.1. The summed E-state index contributed by atoms with van der Waals surface area (Å²) in [6.07, 6.45) is 5.89. The zero-order chi connectivity index (χ0) is 15.8. The summed E-state index contributed by atoms with van der Waals surface area (Å²) < 4.78 is 1.77. The van der Waals surface area contributed by atoms with Crippen LogP contribution in [0.25, 0.3) is 0 Å². The van der Waals surface area contributed by atoms with Crippen molar-refractivity contribution < 1.29 is 4.79 Å². The largest absolute Gasteiger partial charge is 0.337 e. The van der Waals surface area contributed by atoms with E-state index in [2.05, 4.69) is 28.5 Å². The van der Waals surface area contributed by atoms with E-state index in [-0.39, 0.29) is 11.7 Å². The molecule has 1 saturated carbocycles. The Bertz CT molecular complexity index is 534. The molecule has 0 aromatic carbocycles. The third-order valence-electron chi connectivity index (χ3n) is 3.49. The highest BCUT2D eigenvalue weighted by Crippen LogP contribution is 2.31. The van der Waals surface area contributed by atoms with Crippen molar-refractivity contribution in [2.24, 2.45) is 0 Å². The number of hydrogen-bond acceptors (Lipinski definition) is 7. The van der Waals surface area contributed by atoms with Crippen LogP contribution in [0.2, 0.25) is 0 Å². The molecule has 1 aromatic heterocycles. The average molecular weight is 357 g/mol. The van der Waals surface area contributed by atoms with Crippen LogP contribution in [0.1, 0.15) is 45.4 Å². The van der Waals surface area contributed by atoms with Crippen LogP contribution >= 0.6 is 34.9 Å². The van der Waals surface area contributed by atoms with Crippen LogP contribution in [-0.4, -0.2) is 33.1 Å². The summed E-state index contributed by atoms with van der Waals surface area (Å²) in [5.74, 6) is 1.25. The second kappa shape index (κ2) is 8.75. The molecule has 0 bridgehead atoms. The highest BCUT2D eigenvalue weighted by Gasteiger charge is 2.35. The van der Waals surface area contributed by atoms with Crippen LogP contribution in [0.3, 0.4) is 0 Å². The van der Waals surface area contributed by atoms with E-state index in [1.54, 1.807) is 11.8 Å². The number of carbonyl (C=O) groups excluding carboxylic acids is 1. The Morgan fingerprint density at radius 3 is 2.68 bits per heavy atom. The first-order chi connectivity index (χ1) is 10.7. The predicted octanol–water partition coefficient (Wildman–Crippen LogP) is 3.47. The SMILES string of the molecule is CCCCSc1nnc(SCC(=O)NC2(C#N)CCCC2)s1. The van der Waals surface area contributed by atoms with Crippen molar-refractivity contribution >= 4 is 40.8 Å². The summed E-state index contributed by atoms with van der Waals surface area (Å²) in [4.78, 5) is 12.0. The van der Waals surface area contributed by atoms with Gasteiger partial charge in [0.2, 0.25) is 5.91 Å². The van der Waals surface area contributed by atoms with Gasteiger partial charge in [-0.05, 0) is 32.1 Å². The molecule has 22 heavy (non-hydrogen) atoms. The number of carbonyl (C=O) groups is 1. The number of thioether (sulfide) groups is 2. The number of nitrogens with one attached hydrogen (secondary N) is 1. The summed E-state index contributed by atoms with van der Waals surface area (Å²) in [6.45, 7) is 2.17. The van der Waals surface area contributed by atoms with Crippen LogP contribution in [0.15, 0.2) is 8.68 Å². The fourth-order valence-corrected chi connectivity index (χ4v) is 5.27. The Kier molecular flexibility index (Phi) is 6.99. The topological polar surface area (TPSA) is 78.7 Å². The molecule has 0 unspecified atom stereocenters. The molecule has 8 heteroatoms. The number of nitrogens with zero attached hydrogens (tertiary/aromatic N) is 3. The van der Waals surface area contributed by atoms with Gasteiger partial charge in [-0.1, -0.05) is 48.2 Å². The lowest BCUT2D eigenvalue weighted by molar-refractivity contribution is -0.119. The Morgan fingerprint density at radius 2 is 2.05 bits per heavy atom. The standard InChI is InChI=1S/C14H20N4OS3/c1-2-3-8-20-12-17-18-13(22-12)21-9-11(19)16-14(10-15)6-4-5-7-14/h2-9H2,1H3,(H,16,19). The lowest BCUT2D eigenvalue weighted by atomic mass is 10.0. The van der Waals surface area contributed by atoms with E-state index in [0.29, 0.717) is 0 Å². The molecule has 0 atom stereocenters. The third kappa shape index (κ3) is 5.14. The molecule has 1 heterocycles. The second-order valence-corrected chi connectivity index (χ2v) is 8.82. The summed E-state index contributed by atoms with van der Waals surface area (Å²) in [5.41, 5.74) is -0.639. The Labute approximate surface area is 143 Å². The van der Waals surface area contributed by atoms with Crippen molar-refractivity contribution in [1.29, 1.82) is 5.26 Å². The van der Waals surface area contributed by atoms with Gasteiger partial charge in [0, 0.05) is 5.75 Å². The molecule has 1 amide bonds. The van der Waals surface area contributed by atoms with Gasteiger partial charge in [-0.15, -0.1) is 10.2 Å². The molecule has 0 spiro atoms. The molecule has 0 saturated heterocycles. The van der Waals surface area contributed by atoms with E-state index in [1.807, 2.05) is 0 Å². The number of amides is 1. The summed E-state index contributed by atoms with van der Waals surface area (Å²) >= 11 is 4.64. The lowest BCUT2D eigenvalue weighted by Gasteiger charge is -2.21. The van der Waals surface area contributed by atoms with Gasteiger partial charge in [-0.3, -0.25) is 4.79 Å². The van der Waals surface area contributed by atoms with Crippen molar-refractivity contribution in [3.63, 3.8) is 0 Å². The molecule has 1 fully saturated rings. The molecular formula is C14H20N4OS3. The Morgan fingerprint density at radius 1 is 1.36 bits per heavy atom. The van der Waals surface area contributed by atoms with E-state index >= 15 is 0 Å².